The van der Waals surface area contributed by atoms with Gasteiger partial charge in [-0.1, -0.05) is 13.8 Å². The number of anilines is 1. The van der Waals surface area contributed by atoms with Gasteiger partial charge >= 0.3 is 0 Å². The molecule has 0 aliphatic heterocycles. The van der Waals surface area contributed by atoms with Crippen LogP contribution in [-0.4, -0.2) is 16.2 Å². The van der Waals surface area contributed by atoms with Crippen molar-refractivity contribution in [2.24, 2.45) is 0 Å². The number of rotatable bonds is 3. The zero-order valence-electron chi connectivity index (χ0n) is 10.7. The highest BCUT2D eigenvalue weighted by Gasteiger charge is 2.15. The molecule has 0 bridgehead atoms. The predicted molar refractivity (Wildman–Crippen MR) is 76.5 cm³/mol. The first-order valence-electron chi connectivity index (χ1n) is 5.77. The van der Waals surface area contributed by atoms with Gasteiger partial charge in [0, 0.05) is 28.4 Å². The maximum Gasteiger partial charge on any atom is 0.132 e. The number of nitrogen functional groups attached to an aromatic ring is 1. The van der Waals surface area contributed by atoms with Gasteiger partial charge in [0.2, 0.25) is 0 Å². The van der Waals surface area contributed by atoms with Crippen molar-refractivity contribution in [2.45, 2.75) is 26.7 Å². The molecule has 2 aromatic rings. The zero-order valence-corrected chi connectivity index (χ0v) is 11.5. The third-order valence-electron chi connectivity index (χ3n) is 2.78. The molecule has 2 rings (SSSR count). The van der Waals surface area contributed by atoms with Crippen LogP contribution in [0.1, 0.15) is 35.9 Å². The monoisotopic (exact) mass is 260 g/mol. The fourth-order valence-electron chi connectivity index (χ4n) is 1.89. The van der Waals surface area contributed by atoms with Gasteiger partial charge < -0.3 is 11.1 Å². The van der Waals surface area contributed by atoms with E-state index in [1.54, 1.807) is 17.5 Å². The van der Waals surface area contributed by atoms with Crippen molar-refractivity contribution >= 4 is 23.4 Å². The van der Waals surface area contributed by atoms with Crippen LogP contribution in [0.3, 0.4) is 0 Å². The Bertz CT molecular complexity index is 587. The Kier molecular flexibility index (Phi) is 3.43. The van der Waals surface area contributed by atoms with Crippen molar-refractivity contribution < 1.29 is 0 Å². The van der Waals surface area contributed by atoms with E-state index in [0.29, 0.717) is 17.3 Å². The van der Waals surface area contributed by atoms with Crippen LogP contribution >= 0.6 is 11.3 Å². The molecule has 0 aromatic carbocycles. The number of hydrogen-bond donors (Lipinski definition) is 2. The van der Waals surface area contributed by atoms with E-state index in [-0.39, 0.29) is 0 Å². The van der Waals surface area contributed by atoms with Crippen LogP contribution in [0.4, 0.5) is 5.82 Å². The third kappa shape index (κ3) is 2.13. The molecule has 0 saturated heterocycles. The van der Waals surface area contributed by atoms with Crippen molar-refractivity contribution in [3.63, 3.8) is 0 Å². The summed E-state index contributed by atoms with van der Waals surface area (Å²) >= 11 is 1.64. The molecular formula is C13H16N4S. The number of hydrogen-bond acceptors (Lipinski definition) is 5. The van der Waals surface area contributed by atoms with Crippen molar-refractivity contribution in [3.05, 3.63) is 28.4 Å². The number of nitrogens with zero attached hydrogens (tertiary/aromatic N) is 2. The molecule has 2 heterocycles. The molecule has 94 valence electrons. The quantitative estimate of drug-likeness (QED) is 0.832. The van der Waals surface area contributed by atoms with Crippen molar-refractivity contribution in [2.75, 3.05) is 5.73 Å². The molecule has 0 saturated carbocycles. The van der Waals surface area contributed by atoms with Gasteiger partial charge in [-0.25, -0.2) is 9.97 Å². The first-order valence-corrected chi connectivity index (χ1v) is 6.59. The second kappa shape index (κ2) is 4.86. The van der Waals surface area contributed by atoms with E-state index in [9.17, 15) is 0 Å². The van der Waals surface area contributed by atoms with E-state index in [4.69, 9.17) is 11.1 Å². The summed E-state index contributed by atoms with van der Waals surface area (Å²) in [5.41, 5.74) is 8.43. The summed E-state index contributed by atoms with van der Waals surface area (Å²) in [5.74, 6) is 0.777. The Morgan fingerprint density at radius 1 is 1.44 bits per heavy atom. The first kappa shape index (κ1) is 12.7. The lowest BCUT2D eigenvalue weighted by molar-refractivity contribution is 0.826. The van der Waals surface area contributed by atoms with E-state index in [2.05, 4.69) is 30.7 Å². The average molecular weight is 260 g/mol. The van der Waals surface area contributed by atoms with Gasteiger partial charge in [-0.15, -0.1) is 11.3 Å². The molecule has 0 atom stereocenters. The fraction of sp³-hybridized carbons (Fsp3) is 0.308. The Morgan fingerprint density at radius 3 is 2.72 bits per heavy atom. The zero-order chi connectivity index (χ0) is 13.3. The van der Waals surface area contributed by atoms with Crippen LogP contribution in [0, 0.1) is 12.3 Å². The molecule has 0 spiro atoms. The molecule has 0 radical (unpaired) electrons. The Balaban J connectivity index is 2.59. The fourth-order valence-corrected chi connectivity index (χ4v) is 2.99. The summed E-state index contributed by atoms with van der Waals surface area (Å²) < 4.78 is 0. The van der Waals surface area contributed by atoms with Gasteiger partial charge in [0.05, 0.1) is 5.69 Å². The standard InChI is InChI=1S/C13H16N4S/c1-7(2)11-8(3)18-13(17-11)9-4-5-16-12(15)10(9)6-14/h4-7,14H,1-3H3,(H2,15,16). The highest BCUT2D eigenvalue weighted by atomic mass is 32.1. The van der Waals surface area contributed by atoms with E-state index in [1.165, 1.54) is 11.1 Å². The van der Waals surface area contributed by atoms with Crippen LogP contribution < -0.4 is 5.73 Å². The molecule has 0 aliphatic rings. The van der Waals surface area contributed by atoms with E-state index in [1.807, 2.05) is 6.07 Å². The van der Waals surface area contributed by atoms with E-state index < -0.39 is 0 Å². The number of aromatic nitrogens is 2. The molecule has 3 N–H and O–H groups in total. The lowest BCUT2D eigenvalue weighted by Crippen LogP contribution is -1.99. The van der Waals surface area contributed by atoms with Crippen LogP contribution in [-0.2, 0) is 0 Å². The van der Waals surface area contributed by atoms with Crippen LogP contribution in [0.25, 0.3) is 10.6 Å². The van der Waals surface area contributed by atoms with Gasteiger partial charge in [-0.2, -0.15) is 0 Å². The Morgan fingerprint density at radius 2 is 2.17 bits per heavy atom. The lowest BCUT2D eigenvalue weighted by atomic mass is 10.1. The maximum absolute atomic E-state index is 7.45. The van der Waals surface area contributed by atoms with Crippen LogP contribution in [0.5, 0.6) is 0 Å². The van der Waals surface area contributed by atoms with Crippen molar-refractivity contribution in [1.29, 1.82) is 5.41 Å². The van der Waals surface area contributed by atoms with Crippen LogP contribution in [0.2, 0.25) is 0 Å². The number of nitrogens with two attached hydrogens (primary N) is 1. The molecule has 0 unspecified atom stereocenters. The smallest absolute Gasteiger partial charge is 0.132 e. The van der Waals surface area contributed by atoms with E-state index >= 15 is 0 Å². The normalized spacial score (nSPS) is 10.9. The molecule has 4 nitrogen and oxygen atoms in total. The molecule has 5 heteroatoms. The number of pyridine rings is 1. The summed E-state index contributed by atoms with van der Waals surface area (Å²) in [6.07, 6.45) is 2.90. The molecule has 0 aliphatic carbocycles. The number of nitrogens with one attached hydrogen (secondary N) is 1. The molecule has 2 aromatic heterocycles. The minimum atomic E-state index is 0.376. The minimum Gasteiger partial charge on any atom is -0.383 e. The van der Waals surface area contributed by atoms with E-state index in [0.717, 1.165) is 16.3 Å². The maximum atomic E-state index is 7.45. The number of thiazole rings is 1. The molecule has 0 fully saturated rings. The summed E-state index contributed by atoms with van der Waals surface area (Å²) in [5, 5.41) is 8.36. The summed E-state index contributed by atoms with van der Waals surface area (Å²) in [6.45, 7) is 6.33. The van der Waals surface area contributed by atoms with Gasteiger partial charge in [-0.3, -0.25) is 0 Å². The Hall–Kier alpha value is -1.75. The third-order valence-corrected chi connectivity index (χ3v) is 3.79. The first-order chi connectivity index (χ1) is 8.54. The van der Waals surface area contributed by atoms with Gasteiger partial charge in [0.25, 0.3) is 0 Å². The van der Waals surface area contributed by atoms with Crippen molar-refractivity contribution in [3.8, 4) is 10.6 Å². The topological polar surface area (TPSA) is 75.7 Å². The van der Waals surface area contributed by atoms with Gasteiger partial charge in [0.15, 0.2) is 0 Å². The summed E-state index contributed by atoms with van der Waals surface area (Å²) in [6, 6.07) is 1.86. The number of aryl methyl sites for hydroxylation is 1. The van der Waals surface area contributed by atoms with Gasteiger partial charge in [0.1, 0.15) is 10.8 Å². The highest BCUT2D eigenvalue weighted by molar-refractivity contribution is 7.15. The Labute approximate surface area is 110 Å². The highest BCUT2D eigenvalue weighted by Crippen LogP contribution is 2.33. The summed E-state index contributed by atoms with van der Waals surface area (Å²) in [4.78, 5) is 9.88. The average Bonchev–Trinajstić information content (AvgIpc) is 2.71. The van der Waals surface area contributed by atoms with Crippen LogP contribution in [0.15, 0.2) is 12.3 Å². The van der Waals surface area contributed by atoms with Gasteiger partial charge in [-0.05, 0) is 18.9 Å². The largest absolute Gasteiger partial charge is 0.383 e. The second-order valence-corrected chi connectivity index (χ2v) is 5.62. The van der Waals surface area contributed by atoms with Crippen molar-refractivity contribution in [1.82, 2.24) is 9.97 Å². The predicted octanol–water partition coefficient (Wildman–Crippen LogP) is 3.22. The lowest BCUT2D eigenvalue weighted by Gasteiger charge is -2.04. The second-order valence-electron chi connectivity index (χ2n) is 4.42. The summed E-state index contributed by atoms with van der Waals surface area (Å²) in [7, 11) is 0. The SMILES string of the molecule is Cc1sc(-c2ccnc(N)c2C=N)nc1C(C)C. The molecule has 0 amide bonds. The molecular weight excluding hydrogens is 244 g/mol. The molecule has 18 heavy (non-hydrogen) atoms. The minimum absolute atomic E-state index is 0.376.